The SMILES string of the molecule is O=C(NNc1c(Cl)cc(Cl)cc1Cl)c1ccc(NC(=O)C2CC2)cc1. The molecular formula is C17H14Cl3N3O2. The highest BCUT2D eigenvalue weighted by Gasteiger charge is 2.29. The van der Waals surface area contributed by atoms with E-state index in [-0.39, 0.29) is 27.8 Å². The maximum Gasteiger partial charge on any atom is 0.269 e. The summed E-state index contributed by atoms with van der Waals surface area (Å²) in [5, 5.41) is 3.79. The van der Waals surface area contributed by atoms with E-state index in [1.54, 1.807) is 24.3 Å². The lowest BCUT2D eigenvalue weighted by atomic mass is 10.2. The van der Waals surface area contributed by atoms with E-state index in [0.29, 0.717) is 22.0 Å². The van der Waals surface area contributed by atoms with Crippen molar-refractivity contribution in [3.05, 3.63) is 57.0 Å². The molecule has 0 spiro atoms. The summed E-state index contributed by atoms with van der Waals surface area (Å²) in [7, 11) is 0. The zero-order valence-corrected chi connectivity index (χ0v) is 15.2. The predicted octanol–water partition coefficient (Wildman–Crippen LogP) is 4.75. The number of halogens is 3. The van der Waals surface area contributed by atoms with Gasteiger partial charge in [-0.15, -0.1) is 0 Å². The lowest BCUT2D eigenvalue weighted by Crippen LogP contribution is -2.29. The topological polar surface area (TPSA) is 70.2 Å². The number of carbonyl (C=O) groups excluding carboxylic acids is 2. The van der Waals surface area contributed by atoms with Crippen LogP contribution < -0.4 is 16.2 Å². The number of amides is 2. The van der Waals surface area contributed by atoms with E-state index in [2.05, 4.69) is 16.2 Å². The molecule has 8 heteroatoms. The van der Waals surface area contributed by atoms with Gasteiger partial charge in [-0.1, -0.05) is 34.8 Å². The molecule has 0 heterocycles. The molecular weight excluding hydrogens is 385 g/mol. The lowest BCUT2D eigenvalue weighted by Gasteiger charge is -2.12. The number of hydrogen-bond donors (Lipinski definition) is 3. The van der Waals surface area contributed by atoms with Crippen molar-refractivity contribution in [1.29, 1.82) is 0 Å². The van der Waals surface area contributed by atoms with Crippen LogP contribution in [0.15, 0.2) is 36.4 Å². The summed E-state index contributed by atoms with van der Waals surface area (Å²) in [6.45, 7) is 0. The van der Waals surface area contributed by atoms with E-state index in [9.17, 15) is 9.59 Å². The molecule has 2 aromatic rings. The Hall–Kier alpha value is -1.95. The van der Waals surface area contributed by atoms with Crippen LogP contribution in [0.5, 0.6) is 0 Å². The van der Waals surface area contributed by atoms with Gasteiger partial charge in [-0.3, -0.25) is 20.4 Å². The van der Waals surface area contributed by atoms with Crippen LogP contribution >= 0.6 is 34.8 Å². The molecule has 3 rings (SSSR count). The average molecular weight is 399 g/mol. The molecule has 25 heavy (non-hydrogen) atoms. The molecule has 0 unspecified atom stereocenters. The van der Waals surface area contributed by atoms with Crippen molar-refractivity contribution < 1.29 is 9.59 Å². The fourth-order valence-corrected chi connectivity index (χ4v) is 3.06. The summed E-state index contributed by atoms with van der Waals surface area (Å²) in [6.07, 6.45) is 1.88. The van der Waals surface area contributed by atoms with E-state index < -0.39 is 0 Å². The van der Waals surface area contributed by atoms with E-state index in [1.807, 2.05) is 0 Å². The summed E-state index contributed by atoms with van der Waals surface area (Å²) in [6, 6.07) is 9.62. The first kappa shape index (κ1) is 17.9. The highest BCUT2D eigenvalue weighted by atomic mass is 35.5. The number of hydrazine groups is 1. The number of carbonyl (C=O) groups is 2. The molecule has 0 atom stereocenters. The molecule has 0 aromatic heterocycles. The van der Waals surface area contributed by atoms with Crippen LogP contribution in [-0.2, 0) is 4.79 Å². The maximum absolute atomic E-state index is 12.2. The fourth-order valence-electron chi connectivity index (χ4n) is 2.15. The highest BCUT2D eigenvalue weighted by molar-refractivity contribution is 6.41. The van der Waals surface area contributed by atoms with Crippen molar-refractivity contribution in [1.82, 2.24) is 5.43 Å². The Morgan fingerprint density at radius 3 is 2.12 bits per heavy atom. The summed E-state index contributed by atoms with van der Waals surface area (Å²) >= 11 is 17.9. The summed E-state index contributed by atoms with van der Waals surface area (Å²) in [4.78, 5) is 23.9. The van der Waals surface area contributed by atoms with Gasteiger partial charge in [-0.05, 0) is 49.2 Å². The van der Waals surface area contributed by atoms with Crippen LogP contribution in [0.1, 0.15) is 23.2 Å². The van der Waals surface area contributed by atoms with Gasteiger partial charge in [0.2, 0.25) is 5.91 Å². The molecule has 1 saturated carbocycles. The van der Waals surface area contributed by atoms with E-state index in [4.69, 9.17) is 34.8 Å². The Kier molecular flexibility index (Phi) is 5.37. The molecule has 2 aromatic carbocycles. The van der Waals surface area contributed by atoms with Crippen LogP contribution in [0.25, 0.3) is 0 Å². The minimum absolute atomic E-state index is 0.0193. The van der Waals surface area contributed by atoms with Crippen molar-refractivity contribution in [2.45, 2.75) is 12.8 Å². The zero-order chi connectivity index (χ0) is 18.0. The molecule has 130 valence electrons. The minimum Gasteiger partial charge on any atom is -0.326 e. The first-order valence-electron chi connectivity index (χ1n) is 7.56. The van der Waals surface area contributed by atoms with Gasteiger partial charge in [0.05, 0.1) is 15.7 Å². The third-order valence-corrected chi connectivity index (χ3v) is 4.49. The second-order valence-corrected chi connectivity index (χ2v) is 6.92. The minimum atomic E-state index is -0.373. The van der Waals surface area contributed by atoms with Crippen molar-refractivity contribution in [2.75, 3.05) is 10.7 Å². The third kappa shape index (κ3) is 4.57. The van der Waals surface area contributed by atoms with Gasteiger partial charge in [-0.2, -0.15) is 0 Å². The Balaban J connectivity index is 1.60. The summed E-state index contributed by atoms with van der Waals surface area (Å²) in [5.41, 5.74) is 6.63. The van der Waals surface area contributed by atoms with Crippen molar-refractivity contribution >= 4 is 58.0 Å². The smallest absolute Gasteiger partial charge is 0.269 e. The molecule has 1 aliphatic carbocycles. The Morgan fingerprint density at radius 2 is 1.56 bits per heavy atom. The largest absolute Gasteiger partial charge is 0.326 e. The number of nitrogens with one attached hydrogen (secondary N) is 3. The number of rotatable bonds is 5. The van der Waals surface area contributed by atoms with Gasteiger partial charge in [0.1, 0.15) is 0 Å². The van der Waals surface area contributed by atoms with Crippen molar-refractivity contribution in [3.63, 3.8) is 0 Å². The van der Waals surface area contributed by atoms with E-state index >= 15 is 0 Å². The Morgan fingerprint density at radius 1 is 0.960 bits per heavy atom. The lowest BCUT2D eigenvalue weighted by molar-refractivity contribution is -0.117. The second-order valence-electron chi connectivity index (χ2n) is 5.66. The molecule has 0 bridgehead atoms. The molecule has 1 fully saturated rings. The van der Waals surface area contributed by atoms with Crippen LogP contribution in [0, 0.1) is 5.92 Å². The standard InChI is InChI=1S/C17H14Cl3N3O2/c18-11-7-13(19)15(14(20)8-11)22-23-17(25)10-3-5-12(6-4-10)21-16(24)9-1-2-9/h3-9,22H,1-2H2,(H,21,24)(H,23,25). The van der Waals surface area contributed by atoms with Crippen LogP contribution in [-0.4, -0.2) is 11.8 Å². The van der Waals surface area contributed by atoms with Gasteiger partial charge in [0.25, 0.3) is 5.91 Å². The summed E-state index contributed by atoms with van der Waals surface area (Å²) < 4.78 is 0. The second kappa shape index (κ2) is 7.52. The van der Waals surface area contributed by atoms with Crippen LogP contribution in [0.2, 0.25) is 15.1 Å². The van der Waals surface area contributed by atoms with Gasteiger partial charge >= 0.3 is 0 Å². The van der Waals surface area contributed by atoms with Gasteiger partial charge in [0.15, 0.2) is 0 Å². The molecule has 5 nitrogen and oxygen atoms in total. The zero-order valence-electron chi connectivity index (χ0n) is 12.9. The Labute approximate surface area is 159 Å². The third-order valence-electron chi connectivity index (χ3n) is 3.67. The first-order valence-corrected chi connectivity index (χ1v) is 8.69. The average Bonchev–Trinajstić information content (AvgIpc) is 3.39. The van der Waals surface area contributed by atoms with E-state index in [1.165, 1.54) is 12.1 Å². The number of benzene rings is 2. The number of hydrogen-bond acceptors (Lipinski definition) is 3. The monoisotopic (exact) mass is 397 g/mol. The van der Waals surface area contributed by atoms with Crippen molar-refractivity contribution in [2.24, 2.45) is 5.92 Å². The van der Waals surface area contributed by atoms with E-state index in [0.717, 1.165) is 12.8 Å². The molecule has 0 saturated heterocycles. The predicted molar refractivity (Wildman–Crippen MR) is 100 cm³/mol. The van der Waals surface area contributed by atoms with Gasteiger partial charge in [-0.25, -0.2) is 0 Å². The molecule has 2 amide bonds. The maximum atomic E-state index is 12.2. The highest BCUT2D eigenvalue weighted by Crippen LogP contribution is 2.33. The van der Waals surface area contributed by atoms with Crippen LogP contribution in [0.4, 0.5) is 11.4 Å². The van der Waals surface area contributed by atoms with Crippen molar-refractivity contribution in [3.8, 4) is 0 Å². The quantitative estimate of drug-likeness (QED) is 0.636. The fraction of sp³-hybridized carbons (Fsp3) is 0.176. The molecule has 0 aliphatic heterocycles. The van der Waals surface area contributed by atoms with Gasteiger partial charge in [0, 0.05) is 22.2 Å². The first-order chi connectivity index (χ1) is 11.9. The molecule has 1 aliphatic rings. The van der Waals surface area contributed by atoms with Crippen LogP contribution in [0.3, 0.4) is 0 Å². The normalized spacial score (nSPS) is 13.2. The molecule has 0 radical (unpaired) electrons. The molecule has 3 N–H and O–H groups in total. The Bertz CT molecular complexity index is 797. The summed E-state index contributed by atoms with van der Waals surface area (Å²) in [5.74, 6) is -0.228. The van der Waals surface area contributed by atoms with Gasteiger partial charge < -0.3 is 5.32 Å². The number of anilines is 2.